The Bertz CT molecular complexity index is 698. The molecule has 2 aromatic heterocycles. The second-order valence-corrected chi connectivity index (χ2v) is 4.73. The molecule has 0 unspecified atom stereocenters. The Hall–Kier alpha value is -2.17. The van der Waals surface area contributed by atoms with Gasteiger partial charge in [0.15, 0.2) is 0 Å². The molecule has 0 atom stereocenters. The van der Waals surface area contributed by atoms with E-state index in [1.54, 1.807) is 24.5 Å². The van der Waals surface area contributed by atoms with E-state index in [9.17, 15) is 4.39 Å². The summed E-state index contributed by atoms with van der Waals surface area (Å²) in [5, 5.41) is 3.31. The Balaban J connectivity index is 0.00000176. The fraction of sp³-hybridized carbons (Fsp3) is 0.118. The number of rotatable bonds is 5. The average molecular weight is 318 g/mol. The van der Waals surface area contributed by atoms with Crippen LogP contribution in [0.4, 0.5) is 4.39 Å². The van der Waals surface area contributed by atoms with Gasteiger partial charge in [0.25, 0.3) is 0 Å². The summed E-state index contributed by atoms with van der Waals surface area (Å²) in [5.74, 6) is 1.35. The van der Waals surface area contributed by atoms with Crippen molar-refractivity contribution in [1.82, 2.24) is 10.3 Å². The van der Waals surface area contributed by atoms with Gasteiger partial charge >= 0.3 is 0 Å². The quantitative estimate of drug-likeness (QED) is 0.755. The van der Waals surface area contributed by atoms with Crippen molar-refractivity contribution in [2.45, 2.75) is 13.1 Å². The predicted octanol–water partition coefficient (Wildman–Crippen LogP) is 0.774. The highest BCUT2D eigenvalue weighted by Gasteiger charge is 2.04. The molecule has 3 nitrogen and oxygen atoms in total. The lowest BCUT2D eigenvalue weighted by Crippen LogP contribution is -3.00. The Morgan fingerprint density at radius 1 is 0.909 bits per heavy atom. The largest absolute Gasteiger partial charge is 1.00 e. The molecule has 22 heavy (non-hydrogen) atoms. The van der Waals surface area contributed by atoms with Crippen molar-refractivity contribution in [1.29, 1.82) is 0 Å². The highest BCUT2D eigenvalue weighted by Crippen LogP contribution is 2.22. The molecule has 0 fully saturated rings. The van der Waals surface area contributed by atoms with Gasteiger partial charge in [-0.15, -0.1) is 0 Å². The van der Waals surface area contributed by atoms with Crippen molar-refractivity contribution in [2.24, 2.45) is 0 Å². The molecule has 3 rings (SSSR count). The summed E-state index contributed by atoms with van der Waals surface area (Å²) in [6, 6.07) is 14.1. The normalized spacial score (nSPS) is 10.2. The number of hydrogen-bond donors (Lipinski definition) is 1. The SMILES string of the molecule is Fc1ccc(-c2ccc(CNCc3ccncc3)o2)cc1.[Cl-]. The molecule has 0 aliphatic carbocycles. The van der Waals surface area contributed by atoms with Crippen molar-refractivity contribution in [3.05, 3.63) is 78.1 Å². The molecule has 1 aromatic carbocycles. The van der Waals surface area contributed by atoms with E-state index in [1.807, 2.05) is 24.3 Å². The Morgan fingerprint density at radius 3 is 2.36 bits per heavy atom. The maximum atomic E-state index is 12.9. The van der Waals surface area contributed by atoms with Gasteiger partial charge in [-0.25, -0.2) is 4.39 Å². The van der Waals surface area contributed by atoms with Crippen LogP contribution in [0.15, 0.2) is 65.3 Å². The first-order valence-electron chi connectivity index (χ1n) is 6.75. The zero-order valence-corrected chi connectivity index (χ0v) is 12.6. The molecule has 3 aromatic rings. The molecular weight excluding hydrogens is 303 g/mol. The zero-order chi connectivity index (χ0) is 14.5. The van der Waals surface area contributed by atoms with Crippen LogP contribution in [0, 0.1) is 5.82 Å². The van der Waals surface area contributed by atoms with E-state index in [1.165, 1.54) is 17.7 Å². The van der Waals surface area contributed by atoms with E-state index in [0.717, 1.165) is 23.6 Å². The molecular formula is C17H15ClFN2O-. The lowest BCUT2D eigenvalue weighted by atomic mass is 10.2. The predicted molar refractivity (Wildman–Crippen MR) is 78.9 cm³/mol. The zero-order valence-electron chi connectivity index (χ0n) is 11.8. The molecule has 0 aliphatic heterocycles. The second-order valence-electron chi connectivity index (χ2n) is 4.73. The first-order chi connectivity index (χ1) is 10.3. The average Bonchev–Trinajstić information content (AvgIpc) is 2.98. The van der Waals surface area contributed by atoms with Crippen LogP contribution < -0.4 is 17.7 Å². The van der Waals surface area contributed by atoms with Gasteiger partial charge in [-0.1, -0.05) is 0 Å². The maximum Gasteiger partial charge on any atom is 0.134 e. The molecule has 0 saturated carbocycles. The van der Waals surface area contributed by atoms with Crippen molar-refractivity contribution < 1.29 is 21.2 Å². The molecule has 0 saturated heterocycles. The van der Waals surface area contributed by atoms with Crippen LogP contribution in [-0.4, -0.2) is 4.98 Å². The summed E-state index contributed by atoms with van der Waals surface area (Å²) >= 11 is 0. The number of nitrogens with zero attached hydrogens (tertiary/aromatic N) is 1. The lowest BCUT2D eigenvalue weighted by Gasteiger charge is -2.02. The van der Waals surface area contributed by atoms with Gasteiger partial charge in [0.2, 0.25) is 0 Å². The van der Waals surface area contributed by atoms with Crippen molar-refractivity contribution in [3.63, 3.8) is 0 Å². The molecule has 0 spiro atoms. The molecule has 0 aliphatic rings. The fourth-order valence-corrected chi connectivity index (χ4v) is 2.07. The molecule has 1 N–H and O–H groups in total. The summed E-state index contributed by atoms with van der Waals surface area (Å²) in [4.78, 5) is 3.98. The number of halogens is 2. The van der Waals surface area contributed by atoms with Crippen molar-refractivity contribution >= 4 is 0 Å². The first kappa shape index (κ1) is 16.2. The third-order valence-corrected chi connectivity index (χ3v) is 3.17. The van der Waals surface area contributed by atoms with Gasteiger partial charge in [-0.3, -0.25) is 4.98 Å². The summed E-state index contributed by atoms with van der Waals surface area (Å²) in [6.45, 7) is 1.40. The summed E-state index contributed by atoms with van der Waals surface area (Å²) in [5.41, 5.74) is 2.05. The number of nitrogens with one attached hydrogen (secondary N) is 1. The standard InChI is InChI=1S/C17H15FN2O.ClH/c18-15-3-1-14(2-4-15)17-6-5-16(21-17)12-20-11-13-7-9-19-10-8-13;/h1-10,20H,11-12H2;1H/p-1. The lowest BCUT2D eigenvalue weighted by molar-refractivity contribution is -0.00000547. The van der Waals surface area contributed by atoms with Crippen LogP contribution in [0.25, 0.3) is 11.3 Å². The van der Waals surface area contributed by atoms with Crippen molar-refractivity contribution in [2.75, 3.05) is 0 Å². The molecule has 5 heteroatoms. The van der Waals surface area contributed by atoms with E-state index in [2.05, 4.69) is 10.3 Å². The van der Waals surface area contributed by atoms with Crippen LogP contribution in [0.5, 0.6) is 0 Å². The molecule has 114 valence electrons. The summed E-state index contributed by atoms with van der Waals surface area (Å²) in [6.07, 6.45) is 3.55. The van der Waals surface area contributed by atoms with Crippen LogP contribution in [0.3, 0.4) is 0 Å². The number of hydrogen-bond acceptors (Lipinski definition) is 3. The van der Waals surface area contributed by atoms with Gasteiger partial charge in [0, 0.05) is 24.5 Å². The number of benzene rings is 1. The van der Waals surface area contributed by atoms with Gasteiger partial charge in [-0.05, 0) is 54.1 Å². The number of pyridine rings is 1. The second kappa shape index (κ2) is 7.73. The van der Waals surface area contributed by atoms with E-state index in [-0.39, 0.29) is 18.2 Å². The Kier molecular flexibility index (Phi) is 5.69. The van der Waals surface area contributed by atoms with Crippen molar-refractivity contribution in [3.8, 4) is 11.3 Å². The topological polar surface area (TPSA) is 38.1 Å². The minimum atomic E-state index is -0.246. The van der Waals surface area contributed by atoms with Gasteiger partial charge < -0.3 is 22.1 Å². The van der Waals surface area contributed by atoms with E-state index in [0.29, 0.717) is 6.54 Å². The number of furan rings is 1. The molecule has 0 radical (unpaired) electrons. The van der Waals surface area contributed by atoms with E-state index in [4.69, 9.17) is 4.42 Å². The van der Waals surface area contributed by atoms with Gasteiger partial charge in [0.05, 0.1) is 6.54 Å². The summed E-state index contributed by atoms with van der Waals surface area (Å²) in [7, 11) is 0. The summed E-state index contributed by atoms with van der Waals surface area (Å²) < 4.78 is 18.6. The highest BCUT2D eigenvalue weighted by atomic mass is 35.5. The van der Waals surface area contributed by atoms with Gasteiger partial charge in [-0.2, -0.15) is 0 Å². The number of aromatic nitrogens is 1. The molecule has 2 heterocycles. The minimum Gasteiger partial charge on any atom is -1.00 e. The smallest absolute Gasteiger partial charge is 0.134 e. The Morgan fingerprint density at radius 2 is 1.64 bits per heavy atom. The molecule has 0 amide bonds. The van der Waals surface area contributed by atoms with Crippen LogP contribution in [0.2, 0.25) is 0 Å². The highest BCUT2D eigenvalue weighted by molar-refractivity contribution is 5.57. The van der Waals surface area contributed by atoms with E-state index < -0.39 is 0 Å². The minimum absolute atomic E-state index is 0. The fourth-order valence-electron chi connectivity index (χ4n) is 2.07. The third kappa shape index (κ3) is 4.16. The van der Waals surface area contributed by atoms with Gasteiger partial charge in [0.1, 0.15) is 17.3 Å². The van der Waals surface area contributed by atoms with E-state index >= 15 is 0 Å². The van der Waals surface area contributed by atoms with Crippen LogP contribution in [0.1, 0.15) is 11.3 Å². The van der Waals surface area contributed by atoms with Crippen LogP contribution in [-0.2, 0) is 13.1 Å². The first-order valence-corrected chi connectivity index (χ1v) is 6.75. The Labute approximate surface area is 134 Å². The monoisotopic (exact) mass is 317 g/mol. The van der Waals surface area contributed by atoms with Crippen LogP contribution >= 0.6 is 0 Å². The third-order valence-electron chi connectivity index (χ3n) is 3.17. The molecule has 0 bridgehead atoms. The maximum absolute atomic E-state index is 12.9.